The van der Waals surface area contributed by atoms with Gasteiger partial charge in [-0.05, 0) is 179 Å². The van der Waals surface area contributed by atoms with Crippen LogP contribution in [0.25, 0.3) is 0 Å². The Morgan fingerprint density at radius 2 is 0.714 bits per heavy atom. The first-order chi connectivity index (χ1) is 34.8. The molecule has 0 aromatic heterocycles. The lowest BCUT2D eigenvalue weighted by Gasteiger charge is -2.51. The summed E-state index contributed by atoms with van der Waals surface area (Å²) in [5, 5.41) is 0. The van der Waals surface area contributed by atoms with Gasteiger partial charge in [0, 0.05) is 40.4 Å². The lowest BCUT2D eigenvalue weighted by Crippen LogP contribution is -2.54. The maximum atomic E-state index is 13.6. The topological polar surface area (TPSA) is 159 Å². The highest BCUT2D eigenvalue weighted by Gasteiger charge is 2.50. The smallest absolute Gasteiger partial charge is 0.333 e. The Morgan fingerprint density at radius 3 is 0.987 bits per heavy atom. The van der Waals surface area contributed by atoms with Crippen molar-refractivity contribution in [1.82, 2.24) is 0 Å². The molecule has 14 heteroatoms. The first kappa shape index (κ1) is 71.6. The number of carbonyl (C=O) groups excluding carboxylic acids is 3. The Bertz CT molecular complexity index is 2230. The van der Waals surface area contributed by atoms with Gasteiger partial charge < -0.3 is 33.2 Å². The Labute approximate surface area is 468 Å². The van der Waals surface area contributed by atoms with E-state index < -0.39 is 72.8 Å². The van der Waals surface area contributed by atoms with E-state index in [0.717, 1.165) is 12.0 Å². The Morgan fingerprint density at radius 1 is 0.442 bits per heavy atom. The van der Waals surface area contributed by atoms with Crippen LogP contribution in [-0.4, -0.2) is 97.6 Å². The Balaban J connectivity index is 4.01. The third kappa shape index (κ3) is 22.2. The molecule has 1 rings (SSSR count). The molecule has 0 aliphatic heterocycles. The molecule has 0 heterocycles. The van der Waals surface area contributed by atoms with E-state index in [9.17, 15) is 22.8 Å². The van der Waals surface area contributed by atoms with E-state index in [1.165, 1.54) is 0 Å². The third-order valence-corrected chi connectivity index (χ3v) is 18.0. The zero-order chi connectivity index (χ0) is 60.1. The molecule has 6 unspecified atom stereocenters. The van der Waals surface area contributed by atoms with Crippen molar-refractivity contribution in [3.05, 3.63) is 66.3 Å². The first-order valence-corrected chi connectivity index (χ1v) is 29.5. The predicted molar refractivity (Wildman–Crippen MR) is 310 cm³/mol. The highest BCUT2D eigenvalue weighted by atomic mass is 32.2. The quantitative estimate of drug-likeness (QED) is 0.0271. The molecule has 0 bridgehead atoms. The number of aryl methyl sites for hydroxylation is 1. The second-order valence-corrected chi connectivity index (χ2v) is 27.7. The van der Waals surface area contributed by atoms with Crippen LogP contribution < -0.4 is 0 Å². The Kier molecular flexibility index (Phi) is 26.4. The van der Waals surface area contributed by atoms with Crippen LogP contribution in [0.2, 0.25) is 0 Å². The van der Waals surface area contributed by atoms with Gasteiger partial charge in [-0.1, -0.05) is 87.3 Å². The molecule has 444 valence electrons. The maximum Gasteiger partial charge on any atom is 0.333 e. The van der Waals surface area contributed by atoms with Crippen LogP contribution in [0.4, 0.5) is 0 Å². The van der Waals surface area contributed by atoms with Gasteiger partial charge in [-0.15, -0.1) is 0 Å². The van der Waals surface area contributed by atoms with E-state index in [4.69, 9.17) is 37.3 Å². The molecule has 0 spiro atoms. The number of rotatable bonds is 36. The number of esters is 3. The first-order valence-electron chi connectivity index (χ1n) is 28.1. The predicted octanol–water partition coefficient (Wildman–Crippen LogP) is 14.3. The molecule has 0 radical (unpaired) electrons. The average Bonchev–Trinajstić information content (AvgIpc) is 3.32. The third-order valence-electron chi connectivity index (χ3n) is 16.5. The number of hydrogen-bond acceptors (Lipinski definition) is 13. The summed E-state index contributed by atoms with van der Waals surface area (Å²) >= 11 is 0. The number of ether oxygens (including phenoxy) is 7. The minimum Gasteiger partial charge on any atom is -0.456 e. The van der Waals surface area contributed by atoms with Gasteiger partial charge in [0.05, 0.1) is 59.3 Å². The molecule has 0 saturated carbocycles. The van der Waals surface area contributed by atoms with Crippen LogP contribution >= 0.6 is 0 Å². The molecule has 0 N–H and O–H groups in total. The largest absolute Gasteiger partial charge is 0.456 e. The van der Waals surface area contributed by atoms with Crippen LogP contribution in [0.1, 0.15) is 204 Å². The molecule has 1 aromatic carbocycles. The van der Waals surface area contributed by atoms with E-state index in [1.54, 1.807) is 38.1 Å². The van der Waals surface area contributed by atoms with Crippen molar-refractivity contribution in [2.24, 2.45) is 35.5 Å². The van der Waals surface area contributed by atoms with E-state index in [1.807, 2.05) is 111 Å². The number of hydrogen-bond donors (Lipinski definition) is 0. The van der Waals surface area contributed by atoms with Crippen molar-refractivity contribution in [2.45, 2.75) is 254 Å². The van der Waals surface area contributed by atoms with Gasteiger partial charge in [0.1, 0.15) is 16.8 Å². The normalized spacial score (nSPS) is 15.9. The summed E-state index contributed by atoms with van der Waals surface area (Å²) in [6.07, 6.45) is 3.10. The molecule has 6 atom stereocenters. The molecular formula is C63H108O13S. The summed E-state index contributed by atoms with van der Waals surface area (Å²) in [6, 6.07) is 6.75. The summed E-state index contributed by atoms with van der Waals surface area (Å²) in [7, 11) is -4.11. The van der Waals surface area contributed by atoms with Crippen LogP contribution in [0.15, 0.2) is 65.6 Å². The van der Waals surface area contributed by atoms with Gasteiger partial charge in [-0.25, -0.2) is 14.4 Å². The minimum atomic E-state index is -4.11. The van der Waals surface area contributed by atoms with Gasteiger partial charge >= 0.3 is 17.9 Å². The van der Waals surface area contributed by atoms with Crippen molar-refractivity contribution in [1.29, 1.82) is 0 Å². The summed E-state index contributed by atoms with van der Waals surface area (Å²) in [5.74, 6) is -3.11. The van der Waals surface area contributed by atoms with Crippen molar-refractivity contribution in [3.8, 4) is 0 Å². The molecule has 77 heavy (non-hydrogen) atoms. The summed E-state index contributed by atoms with van der Waals surface area (Å²) in [4.78, 5) is 39.1. The van der Waals surface area contributed by atoms with Gasteiger partial charge in [0.15, 0.2) is 0 Å². The van der Waals surface area contributed by atoms with Crippen molar-refractivity contribution in [3.63, 3.8) is 0 Å². The van der Waals surface area contributed by atoms with E-state index in [2.05, 4.69) is 61.3 Å². The molecule has 0 saturated heterocycles. The van der Waals surface area contributed by atoms with Gasteiger partial charge in [0.25, 0.3) is 10.1 Å². The molecule has 13 nitrogen and oxygen atoms in total. The fourth-order valence-corrected chi connectivity index (χ4v) is 9.59. The highest BCUT2D eigenvalue weighted by molar-refractivity contribution is 7.86. The van der Waals surface area contributed by atoms with Crippen LogP contribution in [-0.2, 0) is 68.3 Å². The summed E-state index contributed by atoms with van der Waals surface area (Å²) in [6.45, 7) is 59.4. The molecule has 0 aliphatic rings. The zero-order valence-corrected chi connectivity index (χ0v) is 53.5. The summed E-state index contributed by atoms with van der Waals surface area (Å²) in [5.41, 5.74) is -5.08. The molecule has 0 fully saturated rings. The molecule has 0 aliphatic carbocycles. The monoisotopic (exact) mass is 1100 g/mol. The lowest BCUT2D eigenvalue weighted by atomic mass is 9.65. The van der Waals surface area contributed by atoms with Crippen molar-refractivity contribution in [2.75, 3.05) is 26.4 Å². The van der Waals surface area contributed by atoms with E-state index in [0.29, 0.717) is 48.8 Å². The second kappa shape index (κ2) is 28.3. The number of benzene rings is 1. The van der Waals surface area contributed by atoms with Crippen LogP contribution in [0.5, 0.6) is 0 Å². The van der Waals surface area contributed by atoms with Crippen molar-refractivity contribution >= 4 is 28.0 Å². The fourth-order valence-electron chi connectivity index (χ4n) is 8.29. The molecule has 0 amide bonds. The van der Waals surface area contributed by atoms with Crippen molar-refractivity contribution < 1.29 is 60.1 Å². The van der Waals surface area contributed by atoms with Gasteiger partial charge in [-0.3, -0.25) is 4.18 Å². The molecular weight excluding hydrogens is 997 g/mol. The van der Waals surface area contributed by atoms with Crippen LogP contribution in [0.3, 0.4) is 0 Å². The SMILES string of the molecule is C=C(CC)C(=O)OC(C)(C)C(C)COC(C)(C)CC(C(CC(C)(C)OCC(C)C(C)(C)OS(=O)(=O)c1ccc(CC)cc1)C(C)(C)OCC(C)C(C)(C)OC(=O)C(=C)CC)C(C)(C)OCC(C)C(C)(C)OC(=O)C(=C)CC. The average molecular weight is 1110 g/mol. The second-order valence-electron chi connectivity index (χ2n) is 26.2. The Hall–Kier alpha value is -3.40. The van der Waals surface area contributed by atoms with Gasteiger partial charge in [0.2, 0.25) is 0 Å². The molecule has 1 aromatic rings. The van der Waals surface area contributed by atoms with Gasteiger partial charge in [-0.2, -0.15) is 8.42 Å². The highest BCUT2D eigenvalue weighted by Crippen LogP contribution is 2.47. The van der Waals surface area contributed by atoms with E-state index >= 15 is 0 Å². The van der Waals surface area contributed by atoms with Crippen LogP contribution in [0, 0.1) is 35.5 Å². The zero-order valence-electron chi connectivity index (χ0n) is 52.7. The maximum absolute atomic E-state index is 13.6. The standard InChI is InChI=1S/C63H108O13S/c1-28-42(5)53(64)73-58(16,17)45(8)38-69-56(12,13)36-51(62(24,25)71-40-46(9)59(18,19)74-54(65)43(6)29-2)52(63(26,27)72-41-47(10)60(20,21)75-55(66)44(7)30-3)37-57(14,15)70-39-48(11)61(22,23)76-77(67,68)50-34-32-49(31-4)33-35-50/h32-35,45-48,51-52H,5-7,28-31,36-41H2,1-4,8-27H3. The fraction of sp³-hybridized carbons (Fsp3) is 0.762. The van der Waals surface area contributed by atoms with E-state index in [-0.39, 0.29) is 66.8 Å². The lowest BCUT2D eigenvalue weighted by molar-refractivity contribution is -0.195. The minimum absolute atomic E-state index is 0.0904. The number of carbonyl (C=O) groups is 3. The summed E-state index contributed by atoms with van der Waals surface area (Å²) < 4.78 is 79.3.